The standard InChI is InChI=1S/C10H9Cl4NO2S.C2HF5.Li.H/c11-9(12)10(13,14)18-15-7(16)5-3-1-2-4-6(5)8(15)17;3-1(4)2(5,6)7;;/h1-2,5-6,9H,3-4H2;1H;;/q;;+1;-1. The first-order valence-corrected chi connectivity index (χ1v) is 8.92. The Morgan fingerprint density at radius 1 is 1.08 bits per heavy atom. The average Bonchev–Trinajstić information content (AvgIpc) is 2.72. The Morgan fingerprint density at radius 3 is 1.69 bits per heavy atom. The maximum atomic E-state index is 12.1. The number of nitrogens with zero attached hydrogens (tertiary/aromatic N) is 1. The van der Waals surface area contributed by atoms with Crippen LogP contribution in [0.5, 0.6) is 0 Å². The third-order valence-electron chi connectivity index (χ3n) is 3.18. The Bertz CT molecular complexity index is 530. The number of halogens is 9. The number of carbonyl (C=O) groups excluding carboxylic acids is 2. The van der Waals surface area contributed by atoms with Crippen molar-refractivity contribution in [3.63, 3.8) is 0 Å². The minimum Gasteiger partial charge on any atom is -1.00 e. The van der Waals surface area contributed by atoms with Gasteiger partial charge >= 0.3 is 31.5 Å². The van der Waals surface area contributed by atoms with Crippen LogP contribution in [-0.2, 0) is 9.59 Å². The van der Waals surface area contributed by atoms with Gasteiger partial charge in [0.05, 0.1) is 11.8 Å². The molecule has 2 amide bonds. The van der Waals surface area contributed by atoms with Crippen LogP contribution in [0, 0.1) is 11.8 Å². The summed E-state index contributed by atoms with van der Waals surface area (Å²) in [5, 5.41) is 0. The van der Waals surface area contributed by atoms with Crippen molar-refractivity contribution in [1.82, 2.24) is 4.31 Å². The molecule has 146 valence electrons. The zero-order valence-corrected chi connectivity index (χ0v) is 16.8. The van der Waals surface area contributed by atoms with E-state index in [1.54, 1.807) is 0 Å². The van der Waals surface area contributed by atoms with Gasteiger partial charge in [0.1, 0.15) is 0 Å². The zero-order chi connectivity index (χ0) is 19.6. The molecule has 0 radical (unpaired) electrons. The summed E-state index contributed by atoms with van der Waals surface area (Å²) in [4.78, 5) is 23.1. The molecule has 2 unspecified atom stereocenters. The molecule has 2 rings (SSSR count). The molecule has 1 aliphatic heterocycles. The molecule has 0 spiro atoms. The van der Waals surface area contributed by atoms with Gasteiger partial charge in [-0.25, -0.2) is 13.1 Å². The molecule has 0 aromatic heterocycles. The third kappa shape index (κ3) is 6.91. The molecular formula is C12H11Cl4F5LiNO2S. The van der Waals surface area contributed by atoms with Gasteiger partial charge in [-0.2, -0.15) is 13.2 Å². The number of imide groups is 1. The number of hydrogen-bond donors (Lipinski definition) is 0. The molecule has 3 nitrogen and oxygen atoms in total. The molecule has 1 heterocycles. The summed E-state index contributed by atoms with van der Waals surface area (Å²) in [6, 6.07) is 0. The molecule has 0 aromatic rings. The number of amides is 2. The van der Waals surface area contributed by atoms with E-state index in [4.69, 9.17) is 46.4 Å². The van der Waals surface area contributed by atoms with Gasteiger partial charge in [0, 0.05) is 11.9 Å². The number of hydrogen-bond acceptors (Lipinski definition) is 3. The van der Waals surface area contributed by atoms with E-state index < -0.39 is 21.1 Å². The van der Waals surface area contributed by atoms with E-state index in [0.717, 1.165) is 4.31 Å². The van der Waals surface area contributed by atoms with Crippen LogP contribution in [0.1, 0.15) is 14.3 Å². The summed E-state index contributed by atoms with van der Waals surface area (Å²) in [5.41, 5.74) is 0. The Hall–Kier alpha value is 0.637. The van der Waals surface area contributed by atoms with E-state index >= 15 is 0 Å². The van der Waals surface area contributed by atoms with Gasteiger partial charge in [0.2, 0.25) is 15.5 Å². The number of allylic oxidation sites excluding steroid dienone is 2. The van der Waals surface area contributed by atoms with E-state index in [2.05, 4.69) is 0 Å². The number of fused-ring (bicyclic) bond motifs is 1. The molecule has 0 aromatic carbocycles. The van der Waals surface area contributed by atoms with Gasteiger partial charge in [0.15, 0.2) is 4.84 Å². The second kappa shape index (κ2) is 10.4. The van der Waals surface area contributed by atoms with Crippen LogP contribution in [0.15, 0.2) is 12.2 Å². The summed E-state index contributed by atoms with van der Waals surface area (Å²) in [6.45, 7) is 0. The largest absolute Gasteiger partial charge is 1.00 e. The Kier molecular flexibility index (Phi) is 10.7. The van der Waals surface area contributed by atoms with Crippen LogP contribution < -0.4 is 18.9 Å². The van der Waals surface area contributed by atoms with Crippen molar-refractivity contribution in [2.24, 2.45) is 11.8 Å². The predicted molar refractivity (Wildman–Crippen MR) is 87.9 cm³/mol. The van der Waals surface area contributed by atoms with Crippen molar-refractivity contribution in [3.05, 3.63) is 12.2 Å². The molecule has 0 N–H and O–H groups in total. The van der Waals surface area contributed by atoms with Crippen LogP contribution in [0.4, 0.5) is 22.0 Å². The van der Waals surface area contributed by atoms with Crippen LogP contribution in [0.25, 0.3) is 0 Å². The van der Waals surface area contributed by atoms with E-state index in [9.17, 15) is 31.5 Å². The van der Waals surface area contributed by atoms with E-state index in [0.29, 0.717) is 24.8 Å². The first-order valence-electron chi connectivity index (χ1n) is 6.51. The maximum absolute atomic E-state index is 12.1. The smallest absolute Gasteiger partial charge is 1.00 e. The van der Waals surface area contributed by atoms with Crippen molar-refractivity contribution in [2.45, 2.75) is 33.9 Å². The van der Waals surface area contributed by atoms with Gasteiger partial charge in [-0.05, 0) is 12.8 Å². The number of alkyl halides is 9. The number of rotatable bonds is 3. The van der Waals surface area contributed by atoms with E-state index in [-0.39, 0.29) is 43.9 Å². The first-order chi connectivity index (χ1) is 11.3. The van der Waals surface area contributed by atoms with Gasteiger partial charge in [-0.1, -0.05) is 35.4 Å². The Balaban J connectivity index is 0. The minimum atomic E-state index is -5.33. The molecule has 14 heteroatoms. The molecule has 1 saturated heterocycles. The second-order valence-electron chi connectivity index (χ2n) is 4.92. The summed E-state index contributed by atoms with van der Waals surface area (Å²) < 4.78 is 51.5. The van der Waals surface area contributed by atoms with Crippen LogP contribution in [0.2, 0.25) is 0 Å². The first kappa shape index (κ1) is 26.6. The fraction of sp³-hybridized carbons (Fsp3) is 0.667. The van der Waals surface area contributed by atoms with Crippen molar-refractivity contribution >= 4 is 70.2 Å². The fourth-order valence-electron chi connectivity index (χ4n) is 2.02. The molecule has 2 atom stereocenters. The van der Waals surface area contributed by atoms with E-state index in [1.807, 2.05) is 12.2 Å². The van der Waals surface area contributed by atoms with Crippen LogP contribution in [0.3, 0.4) is 0 Å². The topological polar surface area (TPSA) is 37.4 Å². The molecule has 1 fully saturated rings. The maximum Gasteiger partial charge on any atom is 1.00 e. The SMILES string of the molecule is FC(F)C(F)(F)F.O=C1C2CC=CCC2C(=O)N1SC(Cl)(Cl)C(Cl)Cl.[H-].[Li+]. The van der Waals surface area contributed by atoms with Crippen molar-refractivity contribution < 1.29 is 51.8 Å². The Labute approximate surface area is 183 Å². The second-order valence-corrected chi connectivity index (χ2v) is 9.04. The molecule has 26 heavy (non-hydrogen) atoms. The monoisotopic (exact) mass is 475 g/mol. The molecule has 0 bridgehead atoms. The molecule has 2 aliphatic rings. The zero-order valence-electron chi connectivity index (χ0n) is 14.0. The van der Waals surface area contributed by atoms with Crippen LogP contribution >= 0.6 is 58.4 Å². The minimum absolute atomic E-state index is 0. The summed E-state index contributed by atoms with van der Waals surface area (Å²) in [6.07, 6.45) is -4.60. The molecule has 0 saturated carbocycles. The summed E-state index contributed by atoms with van der Waals surface area (Å²) >= 11 is 23.7. The normalized spacial score (nSPS) is 23.0. The predicted octanol–water partition coefficient (Wildman–Crippen LogP) is 2.45. The average molecular weight is 477 g/mol. The fourth-order valence-corrected chi connectivity index (χ4v) is 3.45. The molecular weight excluding hydrogens is 466 g/mol. The molecule has 1 aliphatic carbocycles. The van der Waals surface area contributed by atoms with Gasteiger partial charge in [-0.3, -0.25) is 9.59 Å². The Morgan fingerprint density at radius 2 is 1.42 bits per heavy atom. The number of carbonyl (C=O) groups is 2. The van der Waals surface area contributed by atoms with Gasteiger partial charge in [-0.15, -0.1) is 23.2 Å². The van der Waals surface area contributed by atoms with Crippen LogP contribution in [-0.4, -0.2) is 37.2 Å². The van der Waals surface area contributed by atoms with Gasteiger partial charge < -0.3 is 1.43 Å². The quantitative estimate of drug-likeness (QED) is 0.157. The van der Waals surface area contributed by atoms with E-state index in [1.165, 1.54) is 0 Å². The third-order valence-corrected chi connectivity index (χ3v) is 6.41. The van der Waals surface area contributed by atoms with Crippen molar-refractivity contribution in [3.8, 4) is 0 Å². The van der Waals surface area contributed by atoms with Gasteiger partial charge in [0.25, 0.3) is 0 Å². The summed E-state index contributed by atoms with van der Waals surface area (Å²) in [5.74, 6) is -1.19. The van der Waals surface area contributed by atoms with Crippen molar-refractivity contribution in [2.75, 3.05) is 0 Å². The summed E-state index contributed by atoms with van der Waals surface area (Å²) in [7, 11) is 0. The van der Waals surface area contributed by atoms with Crippen molar-refractivity contribution in [1.29, 1.82) is 0 Å².